The van der Waals surface area contributed by atoms with Crippen LogP contribution in [0.1, 0.15) is 38.4 Å². The summed E-state index contributed by atoms with van der Waals surface area (Å²) in [5.74, 6) is 0.860. The van der Waals surface area contributed by atoms with E-state index in [1.807, 2.05) is 11.6 Å². The van der Waals surface area contributed by atoms with Gasteiger partial charge in [0.05, 0.1) is 5.60 Å². The Bertz CT molecular complexity index is 352. The Morgan fingerprint density at radius 3 is 3.19 bits per heavy atom. The summed E-state index contributed by atoms with van der Waals surface area (Å²) < 4.78 is 1.83. The predicted molar refractivity (Wildman–Crippen MR) is 60.8 cm³/mol. The summed E-state index contributed by atoms with van der Waals surface area (Å²) in [6.45, 7) is 2.81. The molecule has 2 rings (SSSR count). The molecule has 0 saturated heterocycles. The molecular formula is C11H20N4O. The Labute approximate surface area is 95.7 Å². The van der Waals surface area contributed by atoms with Gasteiger partial charge in [0.25, 0.3) is 0 Å². The second kappa shape index (κ2) is 4.51. The van der Waals surface area contributed by atoms with Crippen LogP contribution in [0.15, 0.2) is 6.33 Å². The summed E-state index contributed by atoms with van der Waals surface area (Å²) in [5.41, 5.74) is 5.22. The molecule has 5 nitrogen and oxygen atoms in total. The SMILES string of the molecule is CCn1ncnc1CC1(O)CCCC(N)C1. The topological polar surface area (TPSA) is 77.0 Å². The van der Waals surface area contributed by atoms with Crippen LogP contribution in [0.3, 0.4) is 0 Å². The zero-order valence-electron chi connectivity index (χ0n) is 9.76. The molecule has 1 fully saturated rings. The van der Waals surface area contributed by atoms with Crippen molar-refractivity contribution in [3.8, 4) is 0 Å². The van der Waals surface area contributed by atoms with Crippen molar-refractivity contribution in [2.45, 2.75) is 57.2 Å². The fourth-order valence-corrected chi connectivity index (χ4v) is 2.53. The van der Waals surface area contributed by atoms with Crippen LogP contribution in [0.5, 0.6) is 0 Å². The molecule has 1 heterocycles. The van der Waals surface area contributed by atoms with Gasteiger partial charge in [-0.1, -0.05) is 0 Å². The van der Waals surface area contributed by atoms with Crippen LogP contribution >= 0.6 is 0 Å². The van der Waals surface area contributed by atoms with Gasteiger partial charge in [0, 0.05) is 19.0 Å². The molecule has 1 aromatic rings. The summed E-state index contributed by atoms with van der Waals surface area (Å²) >= 11 is 0. The van der Waals surface area contributed by atoms with Gasteiger partial charge in [0.15, 0.2) is 0 Å². The molecule has 1 aliphatic carbocycles. The van der Waals surface area contributed by atoms with Crippen molar-refractivity contribution < 1.29 is 5.11 Å². The third-order valence-corrected chi connectivity index (χ3v) is 3.34. The van der Waals surface area contributed by atoms with Gasteiger partial charge in [-0.2, -0.15) is 5.10 Å². The van der Waals surface area contributed by atoms with Crippen LogP contribution in [-0.2, 0) is 13.0 Å². The first-order valence-corrected chi connectivity index (χ1v) is 5.97. The van der Waals surface area contributed by atoms with Gasteiger partial charge in [-0.15, -0.1) is 0 Å². The van der Waals surface area contributed by atoms with E-state index < -0.39 is 5.60 Å². The molecule has 0 aromatic carbocycles. The Morgan fingerprint density at radius 1 is 1.69 bits per heavy atom. The quantitative estimate of drug-likeness (QED) is 0.782. The number of hydrogen-bond donors (Lipinski definition) is 2. The highest BCUT2D eigenvalue weighted by Gasteiger charge is 2.34. The Kier molecular flexibility index (Phi) is 3.25. The third kappa shape index (κ3) is 2.41. The van der Waals surface area contributed by atoms with E-state index in [9.17, 15) is 5.11 Å². The lowest BCUT2D eigenvalue weighted by atomic mass is 9.80. The molecule has 0 amide bonds. The maximum atomic E-state index is 10.5. The lowest BCUT2D eigenvalue weighted by Gasteiger charge is -2.35. The first-order valence-electron chi connectivity index (χ1n) is 5.97. The molecule has 2 unspecified atom stereocenters. The number of nitrogens with two attached hydrogens (primary N) is 1. The lowest BCUT2D eigenvalue weighted by Crippen LogP contribution is -2.43. The molecule has 90 valence electrons. The van der Waals surface area contributed by atoms with E-state index in [0.717, 1.165) is 31.6 Å². The van der Waals surface area contributed by atoms with Crippen molar-refractivity contribution in [2.24, 2.45) is 5.73 Å². The van der Waals surface area contributed by atoms with E-state index in [-0.39, 0.29) is 6.04 Å². The molecule has 2 atom stereocenters. The standard InChI is InChI=1S/C11H20N4O/c1-2-15-10(13-8-14-15)7-11(16)5-3-4-9(12)6-11/h8-9,16H,2-7,12H2,1H3. The molecule has 1 aromatic heterocycles. The van der Waals surface area contributed by atoms with Crippen LogP contribution < -0.4 is 5.73 Å². The summed E-state index contributed by atoms with van der Waals surface area (Å²) in [5, 5.41) is 14.6. The average molecular weight is 224 g/mol. The van der Waals surface area contributed by atoms with Gasteiger partial charge in [-0.25, -0.2) is 4.98 Å². The number of aromatic nitrogens is 3. The van der Waals surface area contributed by atoms with E-state index in [0.29, 0.717) is 12.8 Å². The van der Waals surface area contributed by atoms with E-state index in [2.05, 4.69) is 10.1 Å². The van der Waals surface area contributed by atoms with Gasteiger partial charge >= 0.3 is 0 Å². The highest BCUT2D eigenvalue weighted by Crippen LogP contribution is 2.30. The van der Waals surface area contributed by atoms with Gasteiger partial charge in [-0.05, 0) is 32.6 Å². The predicted octanol–water partition coefficient (Wildman–Crippen LogP) is 0.473. The molecular weight excluding hydrogens is 204 g/mol. The Hall–Kier alpha value is -0.940. The van der Waals surface area contributed by atoms with Gasteiger partial charge in [-0.3, -0.25) is 4.68 Å². The minimum absolute atomic E-state index is 0.122. The zero-order chi connectivity index (χ0) is 11.6. The summed E-state index contributed by atoms with van der Waals surface area (Å²) in [6, 6.07) is 0.122. The first kappa shape index (κ1) is 11.5. The highest BCUT2D eigenvalue weighted by atomic mass is 16.3. The van der Waals surface area contributed by atoms with Crippen molar-refractivity contribution in [3.63, 3.8) is 0 Å². The van der Waals surface area contributed by atoms with E-state index in [4.69, 9.17) is 5.73 Å². The van der Waals surface area contributed by atoms with Crippen LogP contribution in [0.2, 0.25) is 0 Å². The van der Waals surface area contributed by atoms with Crippen molar-refractivity contribution in [1.29, 1.82) is 0 Å². The number of aliphatic hydroxyl groups is 1. The molecule has 5 heteroatoms. The molecule has 3 N–H and O–H groups in total. The first-order chi connectivity index (χ1) is 7.63. The van der Waals surface area contributed by atoms with Crippen LogP contribution in [-0.4, -0.2) is 31.5 Å². The van der Waals surface area contributed by atoms with Crippen LogP contribution in [0.25, 0.3) is 0 Å². The van der Waals surface area contributed by atoms with Crippen LogP contribution in [0, 0.1) is 0 Å². The molecule has 1 saturated carbocycles. The minimum atomic E-state index is -0.683. The highest BCUT2D eigenvalue weighted by molar-refractivity contribution is 4.98. The van der Waals surface area contributed by atoms with E-state index in [1.165, 1.54) is 0 Å². The largest absolute Gasteiger partial charge is 0.389 e. The monoisotopic (exact) mass is 224 g/mol. The normalized spacial score (nSPS) is 30.6. The fourth-order valence-electron chi connectivity index (χ4n) is 2.53. The second-order valence-electron chi connectivity index (χ2n) is 4.75. The van der Waals surface area contributed by atoms with Gasteiger partial charge in [0.2, 0.25) is 0 Å². The number of rotatable bonds is 3. The van der Waals surface area contributed by atoms with Crippen molar-refractivity contribution in [1.82, 2.24) is 14.8 Å². The maximum absolute atomic E-state index is 10.5. The molecule has 0 bridgehead atoms. The lowest BCUT2D eigenvalue weighted by molar-refractivity contribution is -0.00438. The molecule has 0 aliphatic heterocycles. The Morgan fingerprint density at radius 2 is 2.50 bits per heavy atom. The Balaban J connectivity index is 2.08. The summed E-state index contributed by atoms with van der Waals surface area (Å²) in [7, 11) is 0. The third-order valence-electron chi connectivity index (χ3n) is 3.34. The number of hydrogen-bond acceptors (Lipinski definition) is 4. The molecule has 16 heavy (non-hydrogen) atoms. The van der Waals surface area contributed by atoms with E-state index in [1.54, 1.807) is 6.33 Å². The van der Waals surface area contributed by atoms with Crippen molar-refractivity contribution in [2.75, 3.05) is 0 Å². The molecule has 0 spiro atoms. The van der Waals surface area contributed by atoms with Gasteiger partial charge in [0.1, 0.15) is 12.2 Å². The van der Waals surface area contributed by atoms with E-state index >= 15 is 0 Å². The zero-order valence-corrected chi connectivity index (χ0v) is 9.76. The summed E-state index contributed by atoms with van der Waals surface area (Å²) in [6.07, 6.45) is 5.61. The van der Waals surface area contributed by atoms with Gasteiger partial charge < -0.3 is 10.8 Å². The smallest absolute Gasteiger partial charge is 0.138 e. The van der Waals surface area contributed by atoms with Crippen LogP contribution in [0.4, 0.5) is 0 Å². The van der Waals surface area contributed by atoms with Crippen molar-refractivity contribution >= 4 is 0 Å². The fraction of sp³-hybridized carbons (Fsp3) is 0.818. The molecule has 0 radical (unpaired) electrons. The molecule has 1 aliphatic rings. The van der Waals surface area contributed by atoms with Crippen molar-refractivity contribution in [3.05, 3.63) is 12.2 Å². The minimum Gasteiger partial charge on any atom is -0.389 e. The maximum Gasteiger partial charge on any atom is 0.138 e. The number of nitrogens with zero attached hydrogens (tertiary/aromatic N) is 3. The average Bonchev–Trinajstić information content (AvgIpc) is 2.63. The second-order valence-corrected chi connectivity index (χ2v) is 4.75. The number of aryl methyl sites for hydroxylation is 1. The summed E-state index contributed by atoms with van der Waals surface area (Å²) in [4.78, 5) is 4.20.